The number of rotatable bonds is 4. The van der Waals surface area contributed by atoms with E-state index in [1.54, 1.807) is 12.1 Å². The van der Waals surface area contributed by atoms with E-state index < -0.39 is 0 Å². The third-order valence-corrected chi connectivity index (χ3v) is 2.26. The van der Waals surface area contributed by atoms with Crippen molar-refractivity contribution < 1.29 is 4.39 Å². The van der Waals surface area contributed by atoms with E-state index in [0.717, 1.165) is 18.4 Å². The largest absolute Gasteiger partial charge is 0.206 e. The molecular formula is C13H15F. The van der Waals surface area contributed by atoms with Crippen molar-refractivity contribution in [1.29, 1.82) is 0 Å². The summed E-state index contributed by atoms with van der Waals surface area (Å²) in [5.41, 5.74) is 1.39. The van der Waals surface area contributed by atoms with Crippen LogP contribution in [0.15, 0.2) is 18.2 Å². The van der Waals surface area contributed by atoms with Crippen LogP contribution in [0.5, 0.6) is 0 Å². The van der Waals surface area contributed by atoms with Gasteiger partial charge in [-0.1, -0.05) is 31.8 Å². The average Bonchev–Trinajstić information content (AvgIpc) is 2.18. The van der Waals surface area contributed by atoms with Crippen LogP contribution in [0.4, 0.5) is 4.39 Å². The molecule has 0 aliphatic carbocycles. The minimum Gasteiger partial charge on any atom is -0.206 e. The van der Waals surface area contributed by atoms with Crippen molar-refractivity contribution in [3.05, 3.63) is 35.1 Å². The Hall–Kier alpha value is -1.29. The predicted octanol–water partition coefficient (Wildman–Crippen LogP) is 3.54. The lowest BCUT2D eigenvalue weighted by Gasteiger charge is -2.01. The zero-order valence-electron chi connectivity index (χ0n) is 8.52. The quantitative estimate of drug-likeness (QED) is 0.503. The van der Waals surface area contributed by atoms with Crippen LogP contribution in [-0.4, -0.2) is 0 Å². The van der Waals surface area contributed by atoms with Crippen molar-refractivity contribution in [3.63, 3.8) is 0 Å². The summed E-state index contributed by atoms with van der Waals surface area (Å²) in [7, 11) is 0. The molecule has 1 aromatic carbocycles. The number of hydrogen-bond donors (Lipinski definition) is 0. The van der Waals surface area contributed by atoms with E-state index in [0.29, 0.717) is 5.56 Å². The Bertz CT molecular complexity index is 334. The molecule has 0 amide bonds. The molecule has 0 radical (unpaired) electrons. The molecule has 0 nitrogen and oxygen atoms in total. The molecule has 0 unspecified atom stereocenters. The zero-order valence-corrected chi connectivity index (χ0v) is 8.52. The molecule has 0 spiro atoms. The first kappa shape index (κ1) is 10.8. The van der Waals surface area contributed by atoms with Gasteiger partial charge in [0, 0.05) is 0 Å². The lowest BCUT2D eigenvalue weighted by molar-refractivity contribution is 0.620. The van der Waals surface area contributed by atoms with Crippen LogP contribution in [0.3, 0.4) is 0 Å². The summed E-state index contributed by atoms with van der Waals surface area (Å²) < 4.78 is 13.2. The molecule has 0 fully saturated rings. The Labute approximate surface area is 85.2 Å². The molecule has 0 saturated carbocycles. The highest BCUT2D eigenvalue weighted by Gasteiger charge is 2.00. The lowest BCUT2D eigenvalue weighted by atomic mass is 10.1. The van der Waals surface area contributed by atoms with Crippen LogP contribution in [0.2, 0.25) is 0 Å². The molecule has 0 aliphatic heterocycles. The van der Waals surface area contributed by atoms with Crippen LogP contribution in [-0.2, 0) is 6.42 Å². The van der Waals surface area contributed by atoms with Crippen LogP contribution in [0.1, 0.15) is 37.3 Å². The molecule has 74 valence electrons. The summed E-state index contributed by atoms with van der Waals surface area (Å²) in [6.07, 6.45) is 9.57. The fraction of sp³-hybridized carbons (Fsp3) is 0.385. The molecule has 0 N–H and O–H groups in total. The van der Waals surface area contributed by atoms with Gasteiger partial charge in [0.2, 0.25) is 0 Å². The second-order valence-electron chi connectivity index (χ2n) is 3.42. The standard InChI is InChI=1S/C13H15F/c1-3-5-6-7-11-8-9-12(4-2)13(14)10-11/h2,8-10H,3,5-7H2,1H3. The summed E-state index contributed by atoms with van der Waals surface area (Å²) in [5, 5.41) is 0. The molecule has 1 rings (SSSR count). The van der Waals surface area contributed by atoms with Crippen molar-refractivity contribution >= 4 is 0 Å². The summed E-state index contributed by atoms with van der Waals surface area (Å²) in [6, 6.07) is 5.13. The van der Waals surface area contributed by atoms with E-state index in [1.165, 1.54) is 12.8 Å². The first-order chi connectivity index (χ1) is 6.77. The van der Waals surface area contributed by atoms with E-state index in [2.05, 4.69) is 12.8 Å². The smallest absolute Gasteiger partial charge is 0.139 e. The lowest BCUT2D eigenvalue weighted by Crippen LogP contribution is -1.89. The van der Waals surface area contributed by atoms with Gasteiger partial charge in [-0.25, -0.2) is 4.39 Å². The predicted molar refractivity (Wildman–Crippen MR) is 57.6 cm³/mol. The maximum Gasteiger partial charge on any atom is 0.139 e. The van der Waals surface area contributed by atoms with Gasteiger partial charge in [-0.3, -0.25) is 0 Å². The van der Waals surface area contributed by atoms with E-state index in [-0.39, 0.29) is 5.82 Å². The van der Waals surface area contributed by atoms with Gasteiger partial charge in [-0.15, -0.1) is 6.42 Å². The third-order valence-electron chi connectivity index (χ3n) is 2.26. The summed E-state index contributed by atoms with van der Waals surface area (Å²) in [5.74, 6) is 2.04. The molecule has 0 atom stereocenters. The van der Waals surface area contributed by atoms with E-state index in [9.17, 15) is 4.39 Å². The number of halogens is 1. The monoisotopic (exact) mass is 190 g/mol. The highest BCUT2D eigenvalue weighted by atomic mass is 19.1. The molecule has 0 saturated heterocycles. The minimum atomic E-state index is -0.276. The van der Waals surface area contributed by atoms with Crippen molar-refractivity contribution in [2.24, 2.45) is 0 Å². The topological polar surface area (TPSA) is 0 Å². The van der Waals surface area contributed by atoms with Crippen LogP contribution in [0.25, 0.3) is 0 Å². The van der Waals surface area contributed by atoms with Crippen LogP contribution < -0.4 is 0 Å². The number of terminal acetylenes is 1. The normalized spacial score (nSPS) is 9.79. The van der Waals surface area contributed by atoms with E-state index in [1.807, 2.05) is 6.07 Å². The van der Waals surface area contributed by atoms with Crippen molar-refractivity contribution in [2.45, 2.75) is 32.6 Å². The van der Waals surface area contributed by atoms with Gasteiger partial charge in [-0.05, 0) is 30.5 Å². The SMILES string of the molecule is C#Cc1ccc(CCCCC)cc1F. The summed E-state index contributed by atoms with van der Waals surface area (Å²) >= 11 is 0. The Morgan fingerprint density at radius 3 is 2.71 bits per heavy atom. The number of unbranched alkanes of at least 4 members (excludes halogenated alkanes) is 2. The van der Waals surface area contributed by atoms with Gasteiger partial charge in [0.1, 0.15) is 5.82 Å². The Balaban J connectivity index is 2.63. The molecule has 14 heavy (non-hydrogen) atoms. The van der Waals surface area contributed by atoms with Crippen molar-refractivity contribution in [3.8, 4) is 12.3 Å². The second kappa shape index (κ2) is 5.44. The minimum absolute atomic E-state index is 0.276. The van der Waals surface area contributed by atoms with Crippen LogP contribution in [0, 0.1) is 18.2 Å². The summed E-state index contributed by atoms with van der Waals surface area (Å²) in [4.78, 5) is 0. The maximum atomic E-state index is 13.2. The van der Waals surface area contributed by atoms with E-state index in [4.69, 9.17) is 6.42 Å². The van der Waals surface area contributed by atoms with Crippen molar-refractivity contribution in [1.82, 2.24) is 0 Å². The van der Waals surface area contributed by atoms with Gasteiger partial charge in [-0.2, -0.15) is 0 Å². The molecule has 0 aromatic heterocycles. The highest BCUT2D eigenvalue weighted by molar-refractivity contribution is 5.35. The fourth-order valence-electron chi connectivity index (χ4n) is 1.41. The van der Waals surface area contributed by atoms with Gasteiger partial charge < -0.3 is 0 Å². The maximum absolute atomic E-state index is 13.2. The Morgan fingerprint density at radius 2 is 2.14 bits per heavy atom. The van der Waals surface area contributed by atoms with Gasteiger partial charge in [0.25, 0.3) is 0 Å². The molecule has 0 aliphatic rings. The molecular weight excluding hydrogens is 175 g/mol. The summed E-state index contributed by atoms with van der Waals surface area (Å²) in [6.45, 7) is 2.15. The number of benzene rings is 1. The van der Waals surface area contributed by atoms with Crippen molar-refractivity contribution in [2.75, 3.05) is 0 Å². The van der Waals surface area contributed by atoms with Gasteiger partial charge in [0.05, 0.1) is 5.56 Å². The Morgan fingerprint density at radius 1 is 1.36 bits per heavy atom. The average molecular weight is 190 g/mol. The Kier molecular flexibility index (Phi) is 4.19. The number of aryl methyl sites for hydroxylation is 1. The zero-order chi connectivity index (χ0) is 10.4. The first-order valence-corrected chi connectivity index (χ1v) is 5.03. The first-order valence-electron chi connectivity index (χ1n) is 5.03. The molecule has 0 heterocycles. The fourth-order valence-corrected chi connectivity index (χ4v) is 1.41. The molecule has 1 heteroatoms. The highest BCUT2D eigenvalue weighted by Crippen LogP contribution is 2.12. The number of hydrogen-bond acceptors (Lipinski definition) is 0. The van der Waals surface area contributed by atoms with Gasteiger partial charge in [0.15, 0.2) is 0 Å². The third kappa shape index (κ3) is 2.88. The van der Waals surface area contributed by atoms with Gasteiger partial charge >= 0.3 is 0 Å². The molecule has 0 bridgehead atoms. The van der Waals surface area contributed by atoms with E-state index >= 15 is 0 Å². The van der Waals surface area contributed by atoms with Crippen LogP contribution >= 0.6 is 0 Å². The molecule has 1 aromatic rings. The second-order valence-corrected chi connectivity index (χ2v) is 3.42.